The molecule has 0 amide bonds. The number of benzene rings is 1. The van der Waals surface area contributed by atoms with Crippen LogP contribution in [0, 0.1) is 0 Å². The highest BCUT2D eigenvalue weighted by atomic mass is 79.9. The van der Waals surface area contributed by atoms with E-state index in [1.54, 1.807) is 0 Å². The summed E-state index contributed by atoms with van der Waals surface area (Å²) in [4.78, 5) is 0. The van der Waals surface area contributed by atoms with Gasteiger partial charge in [-0.05, 0) is 28.1 Å². The molecule has 21 heavy (non-hydrogen) atoms. The Kier molecular flexibility index (Phi) is 4.48. The van der Waals surface area contributed by atoms with E-state index >= 15 is 0 Å². The second-order valence-corrected chi connectivity index (χ2v) is 4.77. The Bertz CT molecular complexity index is 521. The van der Waals surface area contributed by atoms with Gasteiger partial charge >= 0.3 is 18.0 Å². The summed E-state index contributed by atoms with van der Waals surface area (Å²) >= 11 is 2.43. The van der Waals surface area contributed by atoms with Crippen molar-refractivity contribution >= 4 is 21.6 Å². The van der Waals surface area contributed by atoms with Crippen molar-refractivity contribution < 1.29 is 39.5 Å². The summed E-state index contributed by atoms with van der Waals surface area (Å²) in [6, 6.07) is -0.173. The number of rotatable bonds is 2. The van der Waals surface area contributed by atoms with Gasteiger partial charge in [0.2, 0.25) is 0 Å². The summed E-state index contributed by atoms with van der Waals surface area (Å²) < 4.78 is 113. The first-order valence-electron chi connectivity index (χ1n) is 4.93. The zero-order valence-electron chi connectivity index (χ0n) is 9.59. The average Bonchev–Trinajstić information content (AvgIpc) is 2.27. The van der Waals surface area contributed by atoms with E-state index in [9.17, 15) is 39.5 Å². The Morgan fingerprint density at radius 2 is 1.33 bits per heavy atom. The van der Waals surface area contributed by atoms with Crippen molar-refractivity contribution in [2.45, 2.75) is 24.4 Å². The van der Waals surface area contributed by atoms with Gasteiger partial charge in [0.1, 0.15) is 0 Å². The fourth-order valence-electron chi connectivity index (χ4n) is 1.51. The molecule has 1 aromatic carbocycles. The van der Waals surface area contributed by atoms with Crippen LogP contribution >= 0.6 is 15.9 Å². The highest BCUT2D eigenvalue weighted by Crippen LogP contribution is 2.54. The Morgan fingerprint density at radius 1 is 0.905 bits per heavy atom. The molecule has 120 valence electrons. The van der Waals surface area contributed by atoms with Gasteiger partial charge < -0.3 is 5.73 Å². The maximum Gasteiger partial charge on any atom is 0.435 e. The normalized spacial score (nSPS) is 13.9. The molecule has 0 spiro atoms. The maximum atomic E-state index is 13.7. The van der Waals surface area contributed by atoms with Gasteiger partial charge in [-0.1, -0.05) is 0 Å². The minimum absolute atomic E-state index is 0.0716. The highest BCUT2D eigenvalue weighted by Gasteiger charge is 2.73. The predicted octanol–water partition coefficient (Wildman–Crippen LogP) is 5.26. The van der Waals surface area contributed by atoms with Crippen molar-refractivity contribution in [2.75, 3.05) is 5.73 Å². The molecule has 1 rings (SSSR count). The summed E-state index contributed by atoms with van der Waals surface area (Å²) in [5.41, 5.74) is -4.83. The van der Waals surface area contributed by atoms with Crippen LogP contribution < -0.4 is 5.73 Å². The molecule has 11 heteroatoms. The van der Waals surface area contributed by atoms with Crippen molar-refractivity contribution in [3.63, 3.8) is 0 Å². The number of alkyl halides is 9. The van der Waals surface area contributed by atoms with E-state index < -0.39 is 45.7 Å². The number of hydrogen-bond donors (Lipinski definition) is 1. The molecule has 0 bridgehead atoms. The topological polar surface area (TPSA) is 26.0 Å². The fourth-order valence-corrected chi connectivity index (χ4v) is 1.98. The van der Waals surface area contributed by atoms with Crippen molar-refractivity contribution in [1.29, 1.82) is 0 Å². The molecule has 0 aliphatic carbocycles. The zero-order valence-corrected chi connectivity index (χ0v) is 11.2. The van der Waals surface area contributed by atoms with Gasteiger partial charge in [0.05, 0.1) is 5.69 Å². The second kappa shape index (κ2) is 5.25. The molecule has 0 saturated heterocycles. The largest absolute Gasteiger partial charge is 0.435 e. The number of anilines is 1. The number of halogens is 10. The monoisotopic (exact) mass is 389 g/mol. The van der Waals surface area contributed by atoms with Crippen molar-refractivity contribution in [2.24, 2.45) is 0 Å². The summed E-state index contributed by atoms with van der Waals surface area (Å²) in [6.07, 6.45) is -16.3. The molecule has 0 atom stereocenters. The third-order valence-corrected chi connectivity index (χ3v) is 3.23. The molecule has 0 aliphatic rings. The van der Waals surface area contributed by atoms with Gasteiger partial charge in [-0.25, -0.2) is 13.2 Å². The molecule has 0 aromatic heterocycles. The van der Waals surface area contributed by atoms with Crippen LogP contribution in [0.25, 0.3) is 0 Å². The molecule has 0 unspecified atom stereocenters. The van der Waals surface area contributed by atoms with Crippen LogP contribution in [0.15, 0.2) is 16.6 Å². The fraction of sp³-hybridized carbons (Fsp3) is 0.400. The maximum absolute atomic E-state index is 13.7. The molecular weight excluding hydrogens is 385 g/mol. The Hall–Kier alpha value is -1.13. The summed E-state index contributed by atoms with van der Waals surface area (Å²) in [5, 5.41) is 0. The van der Waals surface area contributed by atoms with Gasteiger partial charge in [0.15, 0.2) is 0 Å². The Balaban J connectivity index is 3.70. The molecular formula is C10H5BrF9N. The smallest absolute Gasteiger partial charge is 0.397 e. The molecule has 0 radical (unpaired) electrons. The van der Waals surface area contributed by atoms with Crippen molar-refractivity contribution in [3.05, 3.63) is 27.7 Å². The van der Waals surface area contributed by atoms with Gasteiger partial charge in [-0.3, -0.25) is 0 Å². The lowest BCUT2D eigenvalue weighted by Crippen LogP contribution is -2.50. The Morgan fingerprint density at radius 3 is 1.67 bits per heavy atom. The van der Waals surface area contributed by atoms with Gasteiger partial charge in [-0.15, -0.1) is 0 Å². The van der Waals surface area contributed by atoms with Crippen LogP contribution in [0.4, 0.5) is 45.2 Å². The van der Waals surface area contributed by atoms with Gasteiger partial charge in [0, 0.05) is 15.6 Å². The van der Waals surface area contributed by atoms with E-state index in [1.165, 1.54) is 0 Å². The predicted molar refractivity (Wildman–Crippen MR) is 58.4 cm³/mol. The molecule has 0 fully saturated rings. The van der Waals surface area contributed by atoms with Crippen LogP contribution in [0.3, 0.4) is 0 Å². The van der Waals surface area contributed by atoms with E-state index in [0.717, 1.165) is 0 Å². The number of nitrogen functional groups attached to an aromatic ring is 1. The number of hydrogen-bond acceptors (Lipinski definition) is 1. The summed E-state index contributed by atoms with van der Waals surface area (Å²) in [6.45, 7) is 0. The van der Waals surface area contributed by atoms with Crippen molar-refractivity contribution in [3.8, 4) is 0 Å². The molecule has 1 aromatic rings. The second-order valence-electron chi connectivity index (χ2n) is 3.92. The lowest BCUT2D eigenvalue weighted by atomic mass is 9.92. The Labute approximate surface area is 120 Å². The third kappa shape index (κ3) is 2.92. The van der Waals surface area contributed by atoms with Crippen LogP contribution in [-0.2, 0) is 5.67 Å². The zero-order chi connectivity index (χ0) is 16.8. The van der Waals surface area contributed by atoms with Gasteiger partial charge in [-0.2, -0.15) is 26.3 Å². The first-order valence-corrected chi connectivity index (χ1v) is 5.72. The first-order chi connectivity index (χ1) is 9.23. The van der Waals surface area contributed by atoms with Crippen LogP contribution in [0.2, 0.25) is 0 Å². The highest BCUT2D eigenvalue weighted by molar-refractivity contribution is 9.10. The van der Waals surface area contributed by atoms with E-state index in [-0.39, 0.29) is 12.1 Å². The van der Waals surface area contributed by atoms with E-state index in [2.05, 4.69) is 15.9 Å². The van der Waals surface area contributed by atoms with Gasteiger partial charge in [0.25, 0.3) is 6.43 Å². The summed E-state index contributed by atoms with van der Waals surface area (Å²) in [7, 11) is 0. The molecule has 0 saturated carbocycles. The molecule has 0 aliphatic heterocycles. The lowest BCUT2D eigenvalue weighted by molar-refractivity contribution is -0.348. The number of nitrogens with two attached hydrogens (primary N) is 1. The average molecular weight is 390 g/mol. The van der Waals surface area contributed by atoms with Crippen LogP contribution in [0.5, 0.6) is 0 Å². The first kappa shape index (κ1) is 17.9. The van der Waals surface area contributed by atoms with E-state index in [0.29, 0.717) is 0 Å². The third-order valence-electron chi connectivity index (χ3n) is 2.58. The minimum Gasteiger partial charge on any atom is -0.397 e. The van der Waals surface area contributed by atoms with E-state index in [1.807, 2.05) is 0 Å². The standard InChI is InChI=1S/C10H5BrF9N/c11-5-2-3(1-4(6(5)21)7(12)13)8(14,9(15,16)17)10(18,19)20/h1-2,7H,21H2. The van der Waals surface area contributed by atoms with Crippen LogP contribution in [0.1, 0.15) is 17.6 Å². The quantitative estimate of drug-likeness (QED) is 0.541. The molecule has 0 heterocycles. The minimum atomic E-state index is -6.39. The van der Waals surface area contributed by atoms with Crippen LogP contribution in [-0.4, -0.2) is 12.4 Å². The molecule has 1 nitrogen and oxygen atoms in total. The van der Waals surface area contributed by atoms with Crippen molar-refractivity contribution in [1.82, 2.24) is 0 Å². The summed E-state index contributed by atoms with van der Waals surface area (Å²) in [5.74, 6) is 0. The lowest BCUT2D eigenvalue weighted by Gasteiger charge is -2.31. The SMILES string of the molecule is Nc1c(Br)cc(C(F)(C(F)(F)F)C(F)(F)F)cc1C(F)F. The molecule has 2 N–H and O–H groups in total. The van der Waals surface area contributed by atoms with E-state index in [4.69, 9.17) is 5.73 Å².